The fourth-order valence-corrected chi connectivity index (χ4v) is 2.67. The Bertz CT molecular complexity index is 329. The summed E-state index contributed by atoms with van der Waals surface area (Å²) in [5, 5.41) is 0. The minimum atomic E-state index is 0.339. The molecule has 0 aliphatic carbocycles. The third-order valence-corrected chi connectivity index (χ3v) is 4.03. The highest BCUT2D eigenvalue weighted by Crippen LogP contribution is 2.26. The van der Waals surface area contributed by atoms with Crippen molar-refractivity contribution in [3.8, 4) is 0 Å². The van der Waals surface area contributed by atoms with E-state index in [1.165, 1.54) is 18.4 Å². The lowest BCUT2D eigenvalue weighted by atomic mass is 9.90. The van der Waals surface area contributed by atoms with Crippen molar-refractivity contribution in [2.45, 2.75) is 38.8 Å². The first-order valence-corrected chi connectivity index (χ1v) is 6.58. The number of rotatable bonds is 3. The maximum Gasteiger partial charge on any atom is 0.0335 e. The smallest absolute Gasteiger partial charge is 0.0335 e. The Morgan fingerprint density at radius 3 is 2.59 bits per heavy atom. The van der Waals surface area contributed by atoms with E-state index >= 15 is 0 Å². The molecule has 1 aromatic heterocycles. The molecule has 2 atom stereocenters. The van der Waals surface area contributed by atoms with Gasteiger partial charge in [-0.05, 0) is 57.3 Å². The molecule has 0 bridgehead atoms. The van der Waals surface area contributed by atoms with Crippen molar-refractivity contribution in [2.24, 2.45) is 11.7 Å². The van der Waals surface area contributed by atoms with Gasteiger partial charge in [0.15, 0.2) is 0 Å². The lowest BCUT2D eigenvalue weighted by Crippen LogP contribution is -2.40. The summed E-state index contributed by atoms with van der Waals surface area (Å²) in [4.78, 5) is 6.73. The molecule has 0 spiro atoms. The van der Waals surface area contributed by atoms with Crippen molar-refractivity contribution in [1.82, 2.24) is 9.88 Å². The van der Waals surface area contributed by atoms with Gasteiger partial charge in [-0.2, -0.15) is 0 Å². The monoisotopic (exact) mass is 233 g/mol. The van der Waals surface area contributed by atoms with Crippen molar-refractivity contribution in [3.63, 3.8) is 0 Å². The van der Waals surface area contributed by atoms with Crippen LogP contribution in [-0.4, -0.2) is 29.0 Å². The third-order valence-electron chi connectivity index (χ3n) is 4.03. The summed E-state index contributed by atoms with van der Waals surface area (Å²) in [5.74, 6) is 0.701. The SMILES string of the molecule is CC(N)C1CCN(C(C)c2cccnc2)CC1. The molecule has 0 saturated carbocycles. The Morgan fingerprint density at radius 2 is 2.06 bits per heavy atom. The van der Waals surface area contributed by atoms with Crippen LogP contribution in [0.4, 0.5) is 0 Å². The van der Waals surface area contributed by atoms with Crippen molar-refractivity contribution < 1.29 is 0 Å². The summed E-state index contributed by atoms with van der Waals surface area (Å²) in [6.45, 7) is 6.71. The van der Waals surface area contributed by atoms with Gasteiger partial charge in [0, 0.05) is 24.5 Å². The molecule has 94 valence electrons. The Morgan fingerprint density at radius 1 is 1.35 bits per heavy atom. The van der Waals surface area contributed by atoms with E-state index in [0.717, 1.165) is 13.1 Å². The van der Waals surface area contributed by atoms with Gasteiger partial charge in [-0.3, -0.25) is 9.88 Å². The highest BCUT2D eigenvalue weighted by molar-refractivity contribution is 5.13. The molecule has 2 heterocycles. The van der Waals surface area contributed by atoms with E-state index in [4.69, 9.17) is 5.73 Å². The fraction of sp³-hybridized carbons (Fsp3) is 0.643. The molecule has 0 aromatic carbocycles. The first kappa shape index (κ1) is 12.5. The maximum absolute atomic E-state index is 5.97. The van der Waals surface area contributed by atoms with Gasteiger partial charge in [0.05, 0.1) is 0 Å². The molecule has 2 unspecified atom stereocenters. The van der Waals surface area contributed by atoms with Gasteiger partial charge in [-0.25, -0.2) is 0 Å². The number of likely N-dealkylation sites (tertiary alicyclic amines) is 1. The molecule has 1 aromatic rings. The molecule has 0 radical (unpaired) electrons. The molecule has 1 fully saturated rings. The van der Waals surface area contributed by atoms with E-state index in [0.29, 0.717) is 18.0 Å². The summed E-state index contributed by atoms with van der Waals surface area (Å²) in [6.07, 6.45) is 6.26. The molecular weight excluding hydrogens is 210 g/mol. The fourth-order valence-electron chi connectivity index (χ4n) is 2.67. The molecular formula is C14H23N3. The molecule has 0 amide bonds. The minimum Gasteiger partial charge on any atom is -0.328 e. The van der Waals surface area contributed by atoms with Crippen LogP contribution in [0.2, 0.25) is 0 Å². The van der Waals surface area contributed by atoms with Crippen LogP contribution >= 0.6 is 0 Å². The summed E-state index contributed by atoms with van der Waals surface area (Å²) < 4.78 is 0. The lowest BCUT2D eigenvalue weighted by Gasteiger charge is -2.37. The van der Waals surface area contributed by atoms with Gasteiger partial charge in [0.25, 0.3) is 0 Å². The zero-order valence-corrected chi connectivity index (χ0v) is 10.8. The van der Waals surface area contributed by atoms with Gasteiger partial charge in [0.2, 0.25) is 0 Å². The van der Waals surface area contributed by atoms with E-state index < -0.39 is 0 Å². The predicted molar refractivity (Wildman–Crippen MR) is 70.6 cm³/mol. The second-order valence-corrected chi connectivity index (χ2v) is 5.19. The first-order chi connectivity index (χ1) is 8.18. The molecule has 1 aliphatic rings. The third kappa shape index (κ3) is 3.05. The highest BCUT2D eigenvalue weighted by Gasteiger charge is 2.25. The van der Waals surface area contributed by atoms with Gasteiger partial charge in [-0.1, -0.05) is 6.07 Å². The number of hydrogen-bond acceptors (Lipinski definition) is 3. The second-order valence-electron chi connectivity index (χ2n) is 5.19. The topological polar surface area (TPSA) is 42.1 Å². The van der Waals surface area contributed by atoms with E-state index in [2.05, 4.69) is 29.8 Å². The van der Waals surface area contributed by atoms with Crippen molar-refractivity contribution in [1.29, 1.82) is 0 Å². The van der Waals surface area contributed by atoms with Gasteiger partial charge >= 0.3 is 0 Å². The number of hydrogen-bond donors (Lipinski definition) is 1. The molecule has 3 heteroatoms. The number of aromatic nitrogens is 1. The van der Waals surface area contributed by atoms with Crippen molar-refractivity contribution >= 4 is 0 Å². The molecule has 17 heavy (non-hydrogen) atoms. The number of nitrogens with two attached hydrogens (primary N) is 1. The molecule has 2 N–H and O–H groups in total. The second kappa shape index (κ2) is 5.61. The summed E-state index contributed by atoms with van der Waals surface area (Å²) in [6, 6.07) is 4.99. The van der Waals surface area contributed by atoms with Crippen LogP contribution in [0.5, 0.6) is 0 Å². The average Bonchev–Trinajstić information content (AvgIpc) is 2.39. The zero-order chi connectivity index (χ0) is 12.3. The Kier molecular flexibility index (Phi) is 4.13. The quantitative estimate of drug-likeness (QED) is 0.870. The highest BCUT2D eigenvalue weighted by atomic mass is 15.2. The van der Waals surface area contributed by atoms with Gasteiger partial charge in [0.1, 0.15) is 0 Å². The summed E-state index contributed by atoms with van der Waals surface area (Å²) in [7, 11) is 0. The maximum atomic E-state index is 5.97. The van der Waals surface area contributed by atoms with Crippen LogP contribution in [0.3, 0.4) is 0 Å². The van der Waals surface area contributed by atoms with Gasteiger partial charge in [-0.15, -0.1) is 0 Å². The van der Waals surface area contributed by atoms with Crippen LogP contribution in [-0.2, 0) is 0 Å². The van der Waals surface area contributed by atoms with Gasteiger partial charge < -0.3 is 5.73 Å². The molecule has 1 aliphatic heterocycles. The number of piperidine rings is 1. The Balaban J connectivity index is 1.93. The van der Waals surface area contributed by atoms with E-state index in [1.807, 2.05) is 18.5 Å². The zero-order valence-electron chi connectivity index (χ0n) is 10.8. The van der Waals surface area contributed by atoms with E-state index in [1.54, 1.807) is 0 Å². The molecule has 2 rings (SSSR count). The number of nitrogens with zero attached hydrogens (tertiary/aromatic N) is 2. The normalized spacial score (nSPS) is 22.3. The summed E-state index contributed by atoms with van der Waals surface area (Å²) >= 11 is 0. The standard InChI is InChI=1S/C14H23N3/c1-11(15)13-5-8-17(9-6-13)12(2)14-4-3-7-16-10-14/h3-4,7,10-13H,5-6,8-9,15H2,1-2H3. The lowest BCUT2D eigenvalue weighted by molar-refractivity contribution is 0.132. The first-order valence-electron chi connectivity index (χ1n) is 6.58. The predicted octanol–water partition coefficient (Wildman–Crippen LogP) is 2.20. The summed E-state index contributed by atoms with van der Waals surface area (Å²) in [5.41, 5.74) is 7.28. The largest absolute Gasteiger partial charge is 0.328 e. The van der Waals surface area contributed by atoms with Crippen molar-refractivity contribution in [3.05, 3.63) is 30.1 Å². The van der Waals surface area contributed by atoms with Crippen LogP contribution < -0.4 is 5.73 Å². The van der Waals surface area contributed by atoms with Crippen molar-refractivity contribution in [2.75, 3.05) is 13.1 Å². The number of pyridine rings is 1. The van der Waals surface area contributed by atoms with E-state index in [9.17, 15) is 0 Å². The molecule has 3 nitrogen and oxygen atoms in total. The Labute approximate surface area is 104 Å². The van der Waals surface area contributed by atoms with Crippen LogP contribution in [0.15, 0.2) is 24.5 Å². The van der Waals surface area contributed by atoms with Crippen LogP contribution in [0.1, 0.15) is 38.3 Å². The molecule has 1 saturated heterocycles. The van der Waals surface area contributed by atoms with E-state index in [-0.39, 0.29) is 0 Å². The minimum absolute atomic E-state index is 0.339. The average molecular weight is 233 g/mol. The van der Waals surface area contributed by atoms with Crippen LogP contribution in [0, 0.1) is 5.92 Å². The van der Waals surface area contributed by atoms with Crippen LogP contribution in [0.25, 0.3) is 0 Å². The Hall–Kier alpha value is -0.930.